The second-order valence-electron chi connectivity index (χ2n) is 4.18. The van der Waals surface area contributed by atoms with E-state index in [-0.39, 0.29) is 11.5 Å². The molecule has 1 fully saturated rings. The molecule has 1 rings (SSSR count). The molecule has 0 aromatic rings. The van der Waals surface area contributed by atoms with Gasteiger partial charge in [0.2, 0.25) is 5.91 Å². The Balaban J connectivity index is 2.65. The number of carbonyl (C=O) groups excluding carboxylic acids is 1. The molecular formula is C11H17NO3. The fraction of sp³-hybridized carbons (Fsp3) is 0.636. The van der Waals surface area contributed by atoms with E-state index in [0.29, 0.717) is 11.5 Å². The highest BCUT2D eigenvalue weighted by Gasteiger charge is 2.26. The van der Waals surface area contributed by atoms with Gasteiger partial charge in [0.05, 0.1) is 0 Å². The Bertz CT molecular complexity index is 316. The summed E-state index contributed by atoms with van der Waals surface area (Å²) in [5.41, 5.74) is 0.452. The monoisotopic (exact) mass is 211 g/mol. The minimum atomic E-state index is -1.03. The number of nitrogens with zero attached hydrogens (tertiary/aromatic N) is 1. The fourth-order valence-electron chi connectivity index (χ4n) is 1.38. The molecule has 0 saturated heterocycles. The van der Waals surface area contributed by atoms with Crippen LogP contribution in [0.1, 0.15) is 26.7 Å². The molecule has 1 aliphatic rings. The van der Waals surface area contributed by atoms with Crippen LogP contribution in [-0.4, -0.2) is 35.5 Å². The van der Waals surface area contributed by atoms with Crippen LogP contribution in [0, 0.1) is 5.92 Å². The lowest BCUT2D eigenvalue weighted by Gasteiger charge is -2.17. The summed E-state index contributed by atoms with van der Waals surface area (Å²) >= 11 is 0. The predicted octanol–water partition coefficient (Wildman–Crippen LogP) is 1.28. The van der Waals surface area contributed by atoms with Gasteiger partial charge in [-0.15, -0.1) is 0 Å². The van der Waals surface area contributed by atoms with Gasteiger partial charge in [0.25, 0.3) is 0 Å². The lowest BCUT2D eigenvalue weighted by molar-refractivity contribution is -0.133. The molecule has 1 aliphatic carbocycles. The minimum Gasteiger partial charge on any atom is -0.478 e. The Hall–Kier alpha value is -1.32. The third-order valence-electron chi connectivity index (χ3n) is 2.78. The van der Waals surface area contributed by atoms with Gasteiger partial charge in [0.15, 0.2) is 0 Å². The number of carboxylic acid groups (broad SMARTS) is 1. The summed E-state index contributed by atoms with van der Waals surface area (Å²) in [4.78, 5) is 24.0. The van der Waals surface area contributed by atoms with Crippen LogP contribution in [0.15, 0.2) is 11.1 Å². The van der Waals surface area contributed by atoms with Crippen molar-refractivity contribution < 1.29 is 14.7 Å². The maximum absolute atomic E-state index is 11.8. The Morgan fingerprint density at radius 1 is 1.27 bits per heavy atom. The van der Waals surface area contributed by atoms with E-state index >= 15 is 0 Å². The summed E-state index contributed by atoms with van der Waals surface area (Å²) in [6.45, 7) is 3.76. The number of likely N-dealkylation sites (N-methyl/N-ethyl adjacent to an activating group) is 1. The summed E-state index contributed by atoms with van der Waals surface area (Å²) < 4.78 is 0. The molecule has 0 aliphatic heterocycles. The van der Waals surface area contributed by atoms with E-state index in [0.717, 1.165) is 6.54 Å². The zero-order valence-electron chi connectivity index (χ0n) is 9.41. The van der Waals surface area contributed by atoms with Gasteiger partial charge in [-0.3, -0.25) is 4.79 Å². The summed E-state index contributed by atoms with van der Waals surface area (Å²) in [6.07, 6.45) is 2.36. The Labute approximate surface area is 89.6 Å². The molecule has 0 spiro atoms. The highest BCUT2D eigenvalue weighted by atomic mass is 16.4. The maximum atomic E-state index is 11.8. The minimum absolute atomic E-state index is 0.127. The number of carboxylic acids is 1. The zero-order valence-corrected chi connectivity index (χ0v) is 9.41. The Kier molecular flexibility index (Phi) is 3.50. The molecule has 4 nitrogen and oxygen atoms in total. The van der Waals surface area contributed by atoms with Gasteiger partial charge in [0.1, 0.15) is 0 Å². The summed E-state index contributed by atoms with van der Waals surface area (Å²) in [7, 11) is 1.72. The predicted molar refractivity (Wildman–Crippen MR) is 56.4 cm³/mol. The van der Waals surface area contributed by atoms with E-state index in [9.17, 15) is 9.59 Å². The molecule has 15 heavy (non-hydrogen) atoms. The molecule has 84 valence electrons. The maximum Gasteiger partial charge on any atom is 0.331 e. The quantitative estimate of drug-likeness (QED) is 0.712. The van der Waals surface area contributed by atoms with E-state index in [2.05, 4.69) is 0 Å². The smallest absolute Gasteiger partial charge is 0.331 e. The van der Waals surface area contributed by atoms with Crippen LogP contribution < -0.4 is 0 Å². The van der Waals surface area contributed by atoms with Gasteiger partial charge >= 0.3 is 5.97 Å². The largest absolute Gasteiger partial charge is 0.478 e. The molecule has 0 unspecified atom stereocenters. The van der Waals surface area contributed by atoms with Gasteiger partial charge in [-0.25, -0.2) is 4.79 Å². The molecule has 0 atom stereocenters. The second kappa shape index (κ2) is 4.47. The second-order valence-corrected chi connectivity index (χ2v) is 4.18. The lowest BCUT2D eigenvalue weighted by atomic mass is 10.1. The van der Waals surface area contributed by atoms with Crippen molar-refractivity contribution in [2.75, 3.05) is 13.6 Å². The van der Waals surface area contributed by atoms with Crippen molar-refractivity contribution in [2.24, 2.45) is 5.92 Å². The van der Waals surface area contributed by atoms with Crippen molar-refractivity contribution in [2.45, 2.75) is 26.7 Å². The summed E-state index contributed by atoms with van der Waals surface area (Å²) in [6, 6.07) is 0. The first-order valence-corrected chi connectivity index (χ1v) is 5.09. The van der Waals surface area contributed by atoms with Gasteiger partial charge in [-0.1, -0.05) is 0 Å². The SMILES string of the molecule is CC(C(=O)O)=C(C)C(=O)N(C)CC1CC1. The van der Waals surface area contributed by atoms with Crippen LogP contribution in [0.3, 0.4) is 0 Å². The van der Waals surface area contributed by atoms with E-state index in [1.165, 1.54) is 19.8 Å². The van der Waals surface area contributed by atoms with Crippen LogP contribution in [0.4, 0.5) is 0 Å². The van der Waals surface area contributed by atoms with E-state index in [1.54, 1.807) is 18.9 Å². The highest BCUT2D eigenvalue weighted by molar-refractivity contribution is 6.01. The topological polar surface area (TPSA) is 57.6 Å². The van der Waals surface area contributed by atoms with Gasteiger partial charge < -0.3 is 10.0 Å². The highest BCUT2D eigenvalue weighted by Crippen LogP contribution is 2.29. The average molecular weight is 211 g/mol. The van der Waals surface area contributed by atoms with E-state index in [1.807, 2.05) is 0 Å². The molecule has 1 saturated carbocycles. The first-order valence-electron chi connectivity index (χ1n) is 5.09. The van der Waals surface area contributed by atoms with Crippen LogP contribution in [0.5, 0.6) is 0 Å². The summed E-state index contributed by atoms with van der Waals surface area (Å²) in [5, 5.41) is 8.75. The van der Waals surface area contributed by atoms with Crippen molar-refractivity contribution in [3.63, 3.8) is 0 Å². The first kappa shape index (κ1) is 11.8. The molecule has 0 heterocycles. The standard InChI is InChI=1S/C11H17NO3/c1-7(8(2)11(14)15)10(13)12(3)6-9-4-5-9/h9H,4-6H2,1-3H3,(H,14,15). The molecule has 1 N–H and O–H groups in total. The van der Waals surface area contributed by atoms with E-state index < -0.39 is 5.97 Å². The molecule has 4 heteroatoms. The first-order chi connectivity index (χ1) is 6.93. The number of hydrogen-bond donors (Lipinski definition) is 1. The van der Waals surface area contributed by atoms with Crippen molar-refractivity contribution in [3.8, 4) is 0 Å². The third kappa shape index (κ3) is 3.08. The average Bonchev–Trinajstić information content (AvgIpc) is 2.97. The van der Waals surface area contributed by atoms with E-state index in [4.69, 9.17) is 5.11 Å². The van der Waals surface area contributed by atoms with Crippen molar-refractivity contribution in [3.05, 3.63) is 11.1 Å². The number of rotatable bonds is 4. The molecule has 1 amide bonds. The normalized spacial score (nSPS) is 17.0. The molecule has 0 aromatic heterocycles. The number of hydrogen-bond acceptors (Lipinski definition) is 2. The fourth-order valence-corrected chi connectivity index (χ4v) is 1.38. The molecule has 0 aromatic carbocycles. The zero-order chi connectivity index (χ0) is 11.6. The summed E-state index contributed by atoms with van der Waals surface area (Å²) in [5.74, 6) is -0.584. The number of amides is 1. The molecular weight excluding hydrogens is 194 g/mol. The van der Waals surface area contributed by atoms with Crippen LogP contribution >= 0.6 is 0 Å². The Morgan fingerprint density at radius 3 is 2.20 bits per heavy atom. The molecule has 0 bridgehead atoms. The van der Waals surface area contributed by atoms with Crippen LogP contribution in [-0.2, 0) is 9.59 Å². The number of carbonyl (C=O) groups is 2. The third-order valence-corrected chi connectivity index (χ3v) is 2.78. The molecule has 0 radical (unpaired) electrons. The lowest BCUT2D eigenvalue weighted by Crippen LogP contribution is -2.30. The number of aliphatic carboxylic acids is 1. The Morgan fingerprint density at radius 2 is 1.80 bits per heavy atom. The van der Waals surface area contributed by atoms with Crippen molar-refractivity contribution in [1.82, 2.24) is 4.90 Å². The van der Waals surface area contributed by atoms with Gasteiger partial charge in [-0.05, 0) is 32.6 Å². The van der Waals surface area contributed by atoms with Crippen molar-refractivity contribution in [1.29, 1.82) is 0 Å². The van der Waals surface area contributed by atoms with Crippen LogP contribution in [0.2, 0.25) is 0 Å². The van der Waals surface area contributed by atoms with Crippen LogP contribution in [0.25, 0.3) is 0 Å². The van der Waals surface area contributed by atoms with Crippen molar-refractivity contribution >= 4 is 11.9 Å². The van der Waals surface area contributed by atoms with Gasteiger partial charge in [-0.2, -0.15) is 0 Å². The van der Waals surface area contributed by atoms with Gasteiger partial charge in [0, 0.05) is 24.7 Å².